The van der Waals surface area contributed by atoms with Gasteiger partial charge in [0.25, 0.3) is 0 Å². The summed E-state index contributed by atoms with van der Waals surface area (Å²) in [6, 6.07) is 5.35. The zero-order chi connectivity index (χ0) is 21.6. The third-order valence-corrected chi connectivity index (χ3v) is 7.09. The van der Waals surface area contributed by atoms with Crippen LogP contribution in [-0.2, 0) is 10.0 Å². The van der Waals surface area contributed by atoms with Gasteiger partial charge in [-0.25, -0.2) is 12.8 Å². The Morgan fingerprint density at radius 2 is 2.00 bits per heavy atom. The molecule has 176 valence electrons. The van der Waals surface area contributed by atoms with Crippen LogP contribution in [0.3, 0.4) is 0 Å². The van der Waals surface area contributed by atoms with Gasteiger partial charge in [0.05, 0.1) is 18.0 Å². The molecule has 0 bridgehead atoms. The molecule has 1 aliphatic carbocycles. The van der Waals surface area contributed by atoms with E-state index in [1.807, 2.05) is 6.92 Å². The molecule has 10 heteroatoms. The molecular weight excluding hydrogens is 532 g/mol. The van der Waals surface area contributed by atoms with Crippen molar-refractivity contribution in [1.82, 2.24) is 15.5 Å². The van der Waals surface area contributed by atoms with Crippen LogP contribution in [0.25, 0.3) is 0 Å². The van der Waals surface area contributed by atoms with Gasteiger partial charge in [0, 0.05) is 31.7 Å². The summed E-state index contributed by atoms with van der Waals surface area (Å²) in [4.78, 5) is 7.01. The maximum atomic E-state index is 13.6. The Balaban J connectivity index is 0.00000341. The highest BCUT2D eigenvalue weighted by molar-refractivity contribution is 14.0. The predicted molar refractivity (Wildman–Crippen MR) is 135 cm³/mol. The van der Waals surface area contributed by atoms with Crippen LogP contribution in [0, 0.1) is 12.7 Å². The zero-order valence-corrected chi connectivity index (χ0v) is 21.5. The van der Waals surface area contributed by atoms with Crippen molar-refractivity contribution in [1.29, 1.82) is 0 Å². The van der Waals surface area contributed by atoms with E-state index in [4.69, 9.17) is 0 Å². The van der Waals surface area contributed by atoms with Gasteiger partial charge in [-0.15, -0.1) is 24.0 Å². The molecule has 31 heavy (non-hydrogen) atoms. The monoisotopic (exact) mass is 567 g/mol. The number of guanidine groups is 1. The quantitative estimate of drug-likeness (QED) is 0.256. The fourth-order valence-electron chi connectivity index (χ4n) is 4.18. The largest absolute Gasteiger partial charge is 0.357 e. The molecule has 0 spiro atoms. The molecule has 0 aromatic heterocycles. The Bertz CT molecular complexity index is 846. The van der Waals surface area contributed by atoms with Gasteiger partial charge >= 0.3 is 0 Å². The first-order valence-corrected chi connectivity index (χ1v) is 12.6. The number of likely N-dealkylation sites (tertiary alicyclic amines) is 1. The lowest BCUT2D eigenvalue weighted by atomic mass is 10.2. The molecule has 0 radical (unpaired) electrons. The Kier molecular flexibility index (Phi) is 10.3. The van der Waals surface area contributed by atoms with Gasteiger partial charge in [0.1, 0.15) is 5.82 Å². The summed E-state index contributed by atoms with van der Waals surface area (Å²) in [5.74, 6) is 0.0419. The van der Waals surface area contributed by atoms with Crippen LogP contribution < -0.4 is 15.4 Å². The van der Waals surface area contributed by atoms with Crippen LogP contribution in [-0.4, -0.2) is 63.3 Å². The summed E-state index contributed by atoms with van der Waals surface area (Å²) in [5.41, 5.74) is 0.701. The molecule has 7 nitrogen and oxygen atoms in total. The van der Waals surface area contributed by atoms with Gasteiger partial charge in [-0.05, 0) is 50.8 Å². The molecule has 2 aliphatic rings. The van der Waals surface area contributed by atoms with Crippen LogP contribution in [0.1, 0.15) is 44.6 Å². The number of sulfonamides is 1. The van der Waals surface area contributed by atoms with Crippen LogP contribution in [0.2, 0.25) is 0 Å². The van der Waals surface area contributed by atoms with Gasteiger partial charge in [-0.3, -0.25) is 14.6 Å². The number of anilines is 1. The molecule has 1 unspecified atom stereocenters. The van der Waals surface area contributed by atoms with Gasteiger partial charge in [0.2, 0.25) is 10.0 Å². The fraction of sp³-hybridized carbons (Fsp3) is 0.667. The maximum absolute atomic E-state index is 13.6. The first kappa shape index (κ1) is 26.1. The van der Waals surface area contributed by atoms with E-state index in [9.17, 15) is 12.8 Å². The molecule has 1 aromatic rings. The van der Waals surface area contributed by atoms with Gasteiger partial charge in [-0.1, -0.05) is 18.9 Å². The first-order valence-electron chi connectivity index (χ1n) is 10.9. The van der Waals surface area contributed by atoms with Crippen molar-refractivity contribution in [2.45, 2.75) is 58.0 Å². The molecule has 1 aliphatic heterocycles. The van der Waals surface area contributed by atoms with Crippen LogP contribution in [0.5, 0.6) is 0 Å². The lowest BCUT2D eigenvalue weighted by Gasteiger charge is -2.24. The van der Waals surface area contributed by atoms with E-state index >= 15 is 0 Å². The molecule has 1 saturated heterocycles. The van der Waals surface area contributed by atoms with E-state index in [1.165, 1.54) is 31.7 Å². The van der Waals surface area contributed by atoms with Crippen molar-refractivity contribution in [2.75, 3.05) is 36.7 Å². The predicted octanol–water partition coefficient (Wildman–Crippen LogP) is 3.07. The Morgan fingerprint density at radius 1 is 1.26 bits per heavy atom. The maximum Gasteiger partial charge on any atom is 0.234 e. The van der Waals surface area contributed by atoms with Gasteiger partial charge in [-0.2, -0.15) is 0 Å². The molecule has 3 rings (SSSR count). The third kappa shape index (κ3) is 8.05. The summed E-state index contributed by atoms with van der Waals surface area (Å²) in [5, 5.41) is 6.65. The SMILES string of the molecule is CCNC(=NCCS(=O)(=O)Nc1ccc(C)c(F)c1)NC1CCN(C2CCCC2)C1.I. The van der Waals surface area contributed by atoms with E-state index in [1.54, 1.807) is 19.1 Å². The Morgan fingerprint density at radius 3 is 2.68 bits per heavy atom. The lowest BCUT2D eigenvalue weighted by Crippen LogP contribution is -2.45. The minimum absolute atomic E-state index is 0. The van der Waals surface area contributed by atoms with Crippen molar-refractivity contribution in [3.05, 3.63) is 29.6 Å². The molecular formula is C21H35FIN5O2S. The fourth-order valence-corrected chi connectivity index (χ4v) is 5.10. The summed E-state index contributed by atoms with van der Waals surface area (Å²) >= 11 is 0. The number of halogens is 2. The van der Waals surface area contributed by atoms with E-state index < -0.39 is 15.8 Å². The smallest absolute Gasteiger partial charge is 0.234 e. The number of benzene rings is 1. The summed E-state index contributed by atoms with van der Waals surface area (Å²) in [7, 11) is -3.61. The van der Waals surface area contributed by atoms with Crippen molar-refractivity contribution >= 4 is 45.6 Å². The molecule has 3 N–H and O–H groups in total. The number of aryl methyl sites for hydroxylation is 1. The van der Waals surface area contributed by atoms with Crippen LogP contribution in [0.15, 0.2) is 23.2 Å². The number of rotatable bonds is 8. The normalized spacial score (nSPS) is 20.5. The average molecular weight is 568 g/mol. The van der Waals surface area contributed by atoms with Crippen LogP contribution >= 0.6 is 24.0 Å². The lowest BCUT2D eigenvalue weighted by molar-refractivity contribution is 0.242. The molecule has 1 aromatic carbocycles. The van der Waals surface area contributed by atoms with Crippen molar-refractivity contribution in [2.24, 2.45) is 4.99 Å². The van der Waals surface area contributed by atoms with Crippen molar-refractivity contribution in [3.8, 4) is 0 Å². The Labute approximate surface area is 202 Å². The summed E-state index contributed by atoms with van der Waals surface area (Å²) in [6.07, 6.45) is 6.34. The minimum atomic E-state index is -3.61. The molecule has 0 amide bonds. The number of nitrogens with zero attached hydrogens (tertiary/aromatic N) is 2. The zero-order valence-electron chi connectivity index (χ0n) is 18.4. The highest BCUT2D eigenvalue weighted by atomic mass is 127. The van der Waals surface area contributed by atoms with E-state index in [2.05, 4.69) is 25.2 Å². The highest BCUT2D eigenvalue weighted by Crippen LogP contribution is 2.26. The van der Waals surface area contributed by atoms with Gasteiger partial charge in [0.15, 0.2) is 5.96 Å². The summed E-state index contributed by atoms with van der Waals surface area (Å²) < 4.78 is 40.7. The molecule has 1 atom stereocenters. The molecule has 1 heterocycles. The third-order valence-electron chi connectivity index (χ3n) is 5.82. The molecule has 2 fully saturated rings. The van der Waals surface area contributed by atoms with E-state index in [0.717, 1.165) is 25.6 Å². The second-order valence-corrected chi connectivity index (χ2v) is 10.1. The average Bonchev–Trinajstić information content (AvgIpc) is 3.36. The molecule has 1 saturated carbocycles. The second kappa shape index (κ2) is 12.2. The van der Waals surface area contributed by atoms with Crippen LogP contribution in [0.4, 0.5) is 10.1 Å². The number of nitrogens with one attached hydrogen (secondary N) is 3. The number of aliphatic imine (C=N–C) groups is 1. The van der Waals surface area contributed by atoms with Crippen molar-refractivity contribution < 1.29 is 12.8 Å². The van der Waals surface area contributed by atoms with Gasteiger partial charge < -0.3 is 10.6 Å². The number of hydrogen-bond acceptors (Lipinski definition) is 4. The topological polar surface area (TPSA) is 85.8 Å². The minimum Gasteiger partial charge on any atom is -0.357 e. The van der Waals surface area contributed by atoms with Crippen molar-refractivity contribution in [3.63, 3.8) is 0 Å². The standard InChI is InChI=1S/C21H34FN5O2S.HI/c1-3-23-21(25-18-10-12-27(15-18)19-6-4-5-7-19)24-11-13-30(28,29)26-17-9-8-16(2)20(22)14-17;/h8-9,14,18-19,26H,3-7,10-13,15H2,1-2H3,(H2,23,24,25);1H. The highest BCUT2D eigenvalue weighted by Gasteiger charge is 2.30. The summed E-state index contributed by atoms with van der Waals surface area (Å²) in [6.45, 7) is 6.56. The Hall–Kier alpha value is -1.14. The first-order chi connectivity index (χ1) is 14.4. The van der Waals surface area contributed by atoms with E-state index in [0.29, 0.717) is 24.1 Å². The number of hydrogen-bond donors (Lipinski definition) is 3. The second-order valence-electron chi connectivity index (χ2n) is 8.21. The van der Waals surface area contributed by atoms with E-state index in [-0.39, 0.29) is 42.0 Å².